The zero-order chi connectivity index (χ0) is 17.1. The van der Waals surface area contributed by atoms with Crippen molar-refractivity contribution in [2.24, 2.45) is 0 Å². The zero-order valence-electron chi connectivity index (χ0n) is 14.3. The lowest BCUT2D eigenvalue weighted by Crippen LogP contribution is -2.31. The summed E-state index contributed by atoms with van der Waals surface area (Å²) < 4.78 is 3.89. The van der Waals surface area contributed by atoms with Gasteiger partial charge in [-0.2, -0.15) is 0 Å². The van der Waals surface area contributed by atoms with E-state index in [9.17, 15) is 4.79 Å². The van der Waals surface area contributed by atoms with Crippen LogP contribution in [0.3, 0.4) is 0 Å². The topological polar surface area (TPSA) is 103 Å². The van der Waals surface area contributed by atoms with Gasteiger partial charge < -0.3 is 9.88 Å². The average molecular weight is 344 g/mol. The van der Waals surface area contributed by atoms with Crippen LogP contribution in [-0.2, 0) is 17.9 Å². The van der Waals surface area contributed by atoms with Gasteiger partial charge in [-0.05, 0) is 36.1 Å². The van der Waals surface area contributed by atoms with Crippen LogP contribution < -0.4 is 5.32 Å². The molecule has 2 aromatic heterocycles. The van der Waals surface area contributed by atoms with Crippen molar-refractivity contribution in [1.29, 1.82) is 0 Å². The Kier molecular flexibility index (Phi) is 4.71. The minimum Gasteiger partial charge on any atom is -0.348 e. The molecule has 0 radical (unpaired) electrons. The molecule has 4 rings (SSSR count). The number of rotatable bonds is 4. The predicted molar refractivity (Wildman–Crippen MR) is 88.4 cm³/mol. The lowest BCUT2D eigenvalue weighted by molar-refractivity contribution is -0.123. The molecule has 9 nitrogen and oxygen atoms in total. The lowest BCUT2D eigenvalue weighted by Gasteiger charge is -2.24. The van der Waals surface area contributed by atoms with Crippen LogP contribution in [-0.4, -0.2) is 40.9 Å². The number of nitrogens with zero attached hydrogens (tertiary/aromatic N) is 7. The molecule has 9 heteroatoms. The third kappa shape index (κ3) is 3.40. The molecule has 1 saturated carbocycles. The Bertz CT molecular complexity index is 717. The van der Waals surface area contributed by atoms with Gasteiger partial charge in [0.05, 0.1) is 12.5 Å². The van der Waals surface area contributed by atoms with Gasteiger partial charge in [0.15, 0.2) is 11.6 Å². The second-order valence-electron chi connectivity index (χ2n) is 6.97. The van der Waals surface area contributed by atoms with E-state index in [0.717, 1.165) is 44.5 Å². The van der Waals surface area contributed by atoms with Gasteiger partial charge in [-0.15, -0.1) is 15.3 Å². The molecule has 0 aromatic carbocycles. The van der Waals surface area contributed by atoms with Crippen molar-refractivity contribution in [3.8, 4) is 0 Å². The molecule has 0 spiro atoms. The highest BCUT2D eigenvalue weighted by molar-refractivity contribution is 5.82. The van der Waals surface area contributed by atoms with E-state index >= 15 is 0 Å². The average Bonchev–Trinajstić information content (AvgIpc) is 3.26. The third-order valence-electron chi connectivity index (χ3n) is 5.34. The van der Waals surface area contributed by atoms with Crippen LogP contribution in [0.1, 0.15) is 75.0 Å². The molecule has 1 fully saturated rings. The number of fused-ring (bicyclic) bond motifs is 1. The number of nitrogens with one attached hydrogen (secondary N) is 1. The number of hydrogen-bond acceptors (Lipinski definition) is 6. The number of aromatic nitrogens is 7. The van der Waals surface area contributed by atoms with Crippen LogP contribution in [0, 0.1) is 0 Å². The van der Waals surface area contributed by atoms with Crippen molar-refractivity contribution in [1.82, 2.24) is 40.3 Å². The second kappa shape index (κ2) is 7.28. The fraction of sp³-hybridized carbons (Fsp3) is 0.750. The van der Waals surface area contributed by atoms with E-state index in [1.165, 1.54) is 19.3 Å². The summed E-state index contributed by atoms with van der Waals surface area (Å²) in [6.07, 6.45) is 10.7. The normalized spacial score (nSPS) is 21.5. The van der Waals surface area contributed by atoms with Crippen molar-refractivity contribution in [2.75, 3.05) is 0 Å². The van der Waals surface area contributed by atoms with Gasteiger partial charge in [0.1, 0.15) is 6.33 Å². The first-order chi connectivity index (χ1) is 12.3. The quantitative estimate of drug-likeness (QED) is 0.898. The Morgan fingerprint density at radius 1 is 1.12 bits per heavy atom. The van der Waals surface area contributed by atoms with E-state index in [0.29, 0.717) is 18.4 Å². The molecule has 1 amide bonds. The van der Waals surface area contributed by atoms with E-state index in [1.54, 1.807) is 11.0 Å². The first kappa shape index (κ1) is 16.2. The van der Waals surface area contributed by atoms with Gasteiger partial charge in [0.25, 0.3) is 0 Å². The van der Waals surface area contributed by atoms with E-state index in [2.05, 4.69) is 35.6 Å². The largest absolute Gasteiger partial charge is 0.348 e. The number of amides is 1. The number of carbonyl (C=O) groups excluding carboxylic acids is 1. The van der Waals surface area contributed by atoms with Crippen molar-refractivity contribution in [3.63, 3.8) is 0 Å². The Morgan fingerprint density at radius 2 is 1.96 bits per heavy atom. The molecule has 2 aliphatic rings. The zero-order valence-corrected chi connectivity index (χ0v) is 14.3. The number of aryl methyl sites for hydroxylation is 1. The maximum absolute atomic E-state index is 12.7. The fourth-order valence-corrected chi connectivity index (χ4v) is 3.95. The Morgan fingerprint density at radius 3 is 2.84 bits per heavy atom. The summed E-state index contributed by atoms with van der Waals surface area (Å²) in [7, 11) is 0. The molecule has 134 valence electrons. The van der Waals surface area contributed by atoms with Crippen LogP contribution in [0.4, 0.5) is 0 Å². The molecular weight excluding hydrogens is 320 g/mol. The molecule has 3 heterocycles. The van der Waals surface area contributed by atoms with E-state index < -0.39 is 0 Å². The minimum absolute atomic E-state index is 0.0313. The van der Waals surface area contributed by atoms with Gasteiger partial charge in [-0.1, -0.05) is 25.7 Å². The summed E-state index contributed by atoms with van der Waals surface area (Å²) in [6.45, 7) is 1.18. The van der Waals surface area contributed by atoms with Gasteiger partial charge in [-0.3, -0.25) is 4.79 Å². The highest BCUT2D eigenvalue weighted by Crippen LogP contribution is 2.28. The first-order valence-corrected chi connectivity index (χ1v) is 9.25. The van der Waals surface area contributed by atoms with Crippen LogP contribution in [0.15, 0.2) is 6.33 Å². The third-order valence-corrected chi connectivity index (χ3v) is 5.34. The van der Waals surface area contributed by atoms with E-state index in [-0.39, 0.29) is 11.8 Å². The number of hydrogen-bond donors (Lipinski definition) is 1. The second-order valence-corrected chi connectivity index (χ2v) is 6.97. The SMILES string of the molecule is O=C(NCc1nncn1C1CCCCC1)C1CCCCn2nnnc21. The molecule has 0 bridgehead atoms. The Balaban J connectivity index is 1.42. The van der Waals surface area contributed by atoms with Gasteiger partial charge in [0.2, 0.25) is 5.91 Å². The van der Waals surface area contributed by atoms with Gasteiger partial charge in [0, 0.05) is 12.6 Å². The minimum atomic E-state index is -0.288. The van der Waals surface area contributed by atoms with E-state index in [1.807, 2.05) is 0 Å². The summed E-state index contributed by atoms with van der Waals surface area (Å²) in [5.74, 6) is 1.18. The molecule has 25 heavy (non-hydrogen) atoms. The van der Waals surface area contributed by atoms with E-state index in [4.69, 9.17) is 0 Å². The summed E-state index contributed by atoms with van der Waals surface area (Å²) in [5, 5.41) is 23.1. The summed E-state index contributed by atoms with van der Waals surface area (Å²) in [5.41, 5.74) is 0. The van der Waals surface area contributed by atoms with Crippen LogP contribution in [0.5, 0.6) is 0 Å². The van der Waals surface area contributed by atoms with Crippen LogP contribution in [0.2, 0.25) is 0 Å². The first-order valence-electron chi connectivity index (χ1n) is 9.25. The standard InChI is InChI=1S/C16H24N8O/c25-16(13-8-4-5-9-24-15(13)20-21-22-24)17-10-14-19-18-11-23(14)12-6-2-1-3-7-12/h11-13H,1-10H2,(H,17,25). The van der Waals surface area contributed by atoms with Crippen LogP contribution >= 0.6 is 0 Å². The van der Waals surface area contributed by atoms with Gasteiger partial charge in [-0.25, -0.2) is 4.68 Å². The van der Waals surface area contributed by atoms with Crippen molar-refractivity contribution in [2.45, 2.75) is 76.4 Å². The molecule has 1 N–H and O–H groups in total. The summed E-state index contributed by atoms with van der Waals surface area (Å²) in [6, 6.07) is 0.459. The Labute approximate surface area is 146 Å². The highest BCUT2D eigenvalue weighted by Gasteiger charge is 2.28. The van der Waals surface area contributed by atoms with Crippen molar-refractivity contribution < 1.29 is 4.79 Å². The lowest BCUT2D eigenvalue weighted by atomic mass is 9.95. The highest BCUT2D eigenvalue weighted by atomic mass is 16.2. The molecule has 1 aliphatic heterocycles. The molecule has 1 unspecified atom stereocenters. The molecule has 1 atom stereocenters. The summed E-state index contributed by atoms with van der Waals surface area (Å²) >= 11 is 0. The number of carbonyl (C=O) groups is 1. The molecule has 1 aliphatic carbocycles. The maximum Gasteiger partial charge on any atom is 0.231 e. The molecule has 0 saturated heterocycles. The molecular formula is C16H24N8O. The smallest absolute Gasteiger partial charge is 0.231 e. The molecule has 2 aromatic rings. The van der Waals surface area contributed by atoms with Crippen LogP contribution in [0.25, 0.3) is 0 Å². The monoisotopic (exact) mass is 344 g/mol. The van der Waals surface area contributed by atoms with Crippen molar-refractivity contribution in [3.05, 3.63) is 18.0 Å². The summed E-state index contributed by atoms with van der Waals surface area (Å²) in [4.78, 5) is 12.7. The predicted octanol–water partition coefficient (Wildman–Crippen LogP) is 1.35. The van der Waals surface area contributed by atoms with Crippen molar-refractivity contribution >= 4 is 5.91 Å². The maximum atomic E-state index is 12.7. The fourth-order valence-electron chi connectivity index (χ4n) is 3.95. The Hall–Kier alpha value is -2.32. The van der Waals surface area contributed by atoms with Gasteiger partial charge >= 0.3 is 0 Å². The number of tetrazole rings is 1.